The van der Waals surface area contributed by atoms with E-state index in [1.807, 2.05) is 6.92 Å². The Kier molecular flexibility index (Phi) is 4.57. The van der Waals surface area contributed by atoms with Crippen molar-refractivity contribution >= 4 is 5.91 Å². The Labute approximate surface area is 138 Å². The van der Waals surface area contributed by atoms with E-state index in [9.17, 15) is 18.7 Å². The van der Waals surface area contributed by atoms with Gasteiger partial charge < -0.3 is 10.0 Å². The number of hydrogen-bond donors (Lipinski definition) is 1. The van der Waals surface area contributed by atoms with E-state index in [1.54, 1.807) is 12.3 Å². The minimum atomic E-state index is -0.774. The summed E-state index contributed by atoms with van der Waals surface area (Å²) in [5, 5.41) is 9.96. The number of halogens is 2. The largest absolute Gasteiger partial charge is 0.391 e. The second-order valence-corrected chi connectivity index (χ2v) is 5.96. The molecule has 2 heterocycles. The highest BCUT2D eigenvalue weighted by Crippen LogP contribution is 2.35. The van der Waals surface area contributed by atoms with Crippen LogP contribution in [0.25, 0.3) is 0 Å². The van der Waals surface area contributed by atoms with Gasteiger partial charge in [-0.1, -0.05) is 6.92 Å². The van der Waals surface area contributed by atoms with Crippen molar-refractivity contribution in [2.24, 2.45) is 0 Å². The molecule has 2 aromatic rings. The Morgan fingerprint density at radius 1 is 1.33 bits per heavy atom. The SMILES string of the molecule is CCc1cncc(C(=O)N2C[C@@H](O)C[C@H]2c2cc(F)ccc2F)c1. The van der Waals surface area contributed by atoms with Crippen molar-refractivity contribution in [1.29, 1.82) is 0 Å². The van der Waals surface area contributed by atoms with E-state index >= 15 is 0 Å². The van der Waals surface area contributed by atoms with E-state index in [1.165, 1.54) is 11.1 Å². The fourth-order valence-corrected chi connectivity index (χ4v) is 3.07. The highest BCUT2D eigenvalue weighted by atomic mass is 19.1. The first-order valence-electron chi connectivity index (χ1n) is 7.87. The smallest absolute Gasteiger partial charge is 0.256 e. The number of pyridine rings is 1. The first kappa shape index (κ1) is 16.5. The number of aliphatic hydroxyl groups excluding tert-OH is 1. The molecular formula is C18H18F2N2O2. The van der Waals surface area contributed by atoms with Gasteiger partial charge in [-0.15, -0.1) is 0 Å². The van der Waals surface area contributed by atoms with Gasteiger partial charge in [0.15, 0.2) is 0 Å². The minimum Gasteiger partial charge on any atom is -0.391 e. The highest BCUT2D eigenvalue weighted by molar-refractivity contribution is 5.94. The monoisotopic (exact) mass is 332 g/mol. The molecule has 126 valence electrons. The third kappa shape index (κ3) is 3.14. The number of β-amino-alcohol motifs (C(OH)–C–C–N with tert-alkyl or cyclic N) is 1. The second-order valence-electron chi connectivity index (χ2n) is 5.96. The number of carbonyl (C=O) groups excluding carboxylic acids is 1. The standard InChI is InChI=1S/C18H18F2N2O2/c1-2-11-5-12(9-21-8-11)18(24)22-10-14(23)7-17(22)15-6-13(19)3-4-16(15)20/h3-6,8-9,14,17,23H,2,7,10H2,1H3/t14-,17-/m0/s1. The minimum absolute atomic E-state index is 0.0792. The first-order valence-corrected chi connectivity index (χ1v) is 7.87. The fraction of sp³-hybridized carbons (Fsp3) is 0.333. The van der Waals surface area contributed by atoms with Crippen LogP contribution in [0.3, 0.4) is 0 Å². The average Bonchev–Trinajstić information content (AvgIpc) is 2.98. The summed E-state index contributed by atoms with van der Waals surface area (Å²) in [5.41, 5.74) is 1.37. The molecule has 0 saturated carbocycles. The lowest BCUT2D eigenvalue weighted by Crippen LogP contribution is -2.32. The Morgan fingerprint density at radius 3 is 2.88 bits per heavy atom. The summed E-state index contributed by atoms with van der Waals surface area (Å²) >= 11 is 0. The molecule has 2 atom stereocenters. The molecule has 1 aliphatic heterocycles. The number of aliphatic hydroxyl groups is 1. The average molecular weight is 332 g/mol. The number of likely N-dealkylation sites (tertiary alicyclic amines) is 1. The highest BCUT2D eigenvalue weighted by Gasteiger charge is 2.37. The molecule has 0 unspecified atom stereocenters. The molecule has 3 rings (SSSR count). The fourth-order valence-electron chi connectivity index (χ4n) is 3.07. The van der Waals surface area contributed by atoms with Gasteiger partial charge in [-0.3, -0.25) is 9.78 Å². The number of aromatic nitrogens is 1. The Hall–Kier alpha value is -2.34. The molecule has 1 fully saturated rings. The van der Waals surface area contributed by atoms with Crippen molar-refractivity contribution in [3.05, 3.63) is 65.0 Å². The Bertz CT molecular complexity index is 766. The zero-order valence-corrected chi connectivity index (χ0v) is 13.2. The van der Waals surface area contributed by atoms with Crippen LogP contribution in [-0.2, 0) is 6.42 Å². The van der Waals surface area contributed by atoms with Gasteiger partial charge in [0.05, 0.1) is 17.7 Å². The molecular weight excluding hydrogens is 314 g/mol. The van der Waals surface area contributed by atoms with Gasteiger partial charge in [-0.2, -0.15) is 0 Å². The van der Waals surface area contributed by atoms with Gasteiger partial charge in [-0.05, 0) is 42.7 Å². The quantitative estimate of drug-likeness (QED) is 0.940. The van der Waals surface area contributed by atoms with Crippen LogP contribution in [-0.4, -0.2) is 33.5 Å². The maximum atomic E-state index is 14.1. The first-order chi connectivity index (χ1) is 11.5. The van der Waals surface area contributed by atoms with Crippen molar-refractivity contribution in [3.63, 3.8) is 0 Å². The van der Waals surface area contributed by atoms with Crippen LogP contribution < -0.4 is 0 Å². The van der Waals surface area contributed by atoms with Crippen molar-refractivity contribution < 1.29 is 18.7 Å². The molecule has 0 aliphatic carbocycles. The van der Waals surface area contributed by atoms with E-state index in [-0.39, 0.29) is 24.4 Å². The lowest BCUT2D eigenvalue weighted by molar-refractivity contribution is 0.0713. The third-order valence-electron chi connectivity index (χ3n) is 4.31. The van der Waals surface area contributed by atoms with Gasteiger partial charge in [0.2, 0.25) is 0 Å². The molecule has 1 N–H and O–H groups in total. The maximum Gasteiger partial charge on any atom is 0.256 e. The van der Waals surface area contributed by atoms with Gasteiger partial charge in [0.25, 0.3) is 5.91 Å². The molecule has 1 saturated heterocycles. The number of benzene rings is 1. The summed E-state index contributed by atoms with van der Waals surface area (Å²) in [6.07, 6.45) is 3.26. The molecule has 1 aliphatic rings. The topological polar surface area (TPSA) is 53.4 Å². The van der Waals surface area contributed by atoms with Crippen LogP contribution in [0.2, 0.25) is 0 Å². The molecule has 0 spiro atoms. The van der Waals surface area contributed by atoms with Crippen molar-refractivity contribution in [2.75, 3.05) is 6.54 Å². The van der Waals surface area contributed by atoms with Crippen LogP contribution in [0.4, 0.5) is 8.78 Å². The number of aryl methyl sites for hydroxylation is 1. The van der Waals surface area contributed by atoms with E-state index in [4.69, 9.17) is 0 Å². The van der Waals surface area contributed by atoms with Crippen molar-refractivity contribution in [2.45, 2.75) is 31.9 Å². The van der Waals surface area contributed by atoms with Gasteiger partial charge in [0, 0.05) is 24.5 Å². The van der Waals surface area contributed by atoms with Gasteiger partial charge in [0.1, 0.15) is 11.6 Å². The van der Waals surface area contributed by atoms with E-state index in [0.717, 1.165) is 30.2 Å². The Morgan fingerprint density at radius 2 is 2.12 bits per heavy atom. The summed E-state index contributed by atoms with van der Waals surface area (Å²) < 4.78 is 27.6. The van der Waals surface area contributed by atoms with Crippen LogP contribution >= 0.6 is 0 Å². The van der Waals surface area contributed by atoms with Crippen molar-refractivity contribution in [1.82, 2.24) is 9.88 Å². The van der Waals surface area contributed by atoms with Crippen LogP contribution in [0.15, 0.2) is 36.7 Å². The number of carbonyl (C=O) groups is 1. The van der Waals surface area contributed by atoms with Crippen LogP contribution in [0.5, 0.6) is 0 Å². The normalized spacial score (nSPS) is 20.4. The van der Waals surface area contributed by atoms with Gasteiger partial charge in [-0.25, -0.2) is 8.78 Å². The maximum absolute atomic E-state index is 14.1. The van der Waals surface area contributed by atoms with Crippen molar-refractivity contribution in [3.8, 4) is 0 Å². The Balaban J connectivity index is 1.95. The lowest BCUT2D eigenvalue weighted by Gasteiger charge is -2.25. The molecule has 4 nitrogen and oxygen atoms in total. The van der Waals surface area contributed by atoms with Gasteiger partial charge >= 0.3 is 0 Å². The number of hydrogen-bond acceptors (Lipinski definition) is 3. The predicted octanol–water partition coefficient (Wildman–Crippen LogP) is 2.87. The summed E-state index contributed by atoms with van der Waals surface area (Å²) in [7, 11) is 0. The van der Waals surface area contributed by atoms with Crippen LogP contribution in [0.1, 0.15) is 40.9 Å². The molecule has 1 amide bonds. The zero-order valence-electron chi connectivity index (χ0n) is 13.2. The molecule has 0 radical (unpaired) electrons. The van der Waals surface area contributed by atoms with Crippen LogP contribution in [0, 0.1) is 11.6 Å². The predicted molar refractivity (Wildman–Crippen MR) is 84.4 cm³/mol. The summed E-state index contributed by atoms with van der Waals surface area (Å²) in [6, 6.07) is 4.19. The third-order valence-corrected chi connectivity index (χ3v) is 4.31. The molecule has 0 bridgehead atoms. The molecule has 6 heteroatoms. The second kappa shape index (κ2) is 6.65. The summed E-state index contributed by atoms with van der Waals surface area (Å²) in [4.78, 5) is 18.2. The lowest BCUT2D eigenvalue weighted by atomic mass is 10.0. The zero-order chi connectivity index (χ0) is 17.3. The number of rotatable bonds is 3. The summed E-state index contributed by atoms with van der Waals surface area (Å²) in [6.45, 7) is 2.03. The number of amides is 1. The van der Waals surface area contributed by atoms with E-state index in [0.29, 0.717) is 5.56 Å². The molecule has 1 aromatic heterocycles. The van der Waals surface area contributed by atoms with E-state index in [2.05, 4.69) is 4.98 Å². The van der Waals surface area contributed by atoms with E-state index < -0.39 is 23.8 Å². The number of nitrogens with zero attached hydrogens (tertiary/aromatic N) is 2. The summed E-state index contributed by atoms with van der Waals surface area (Å²) in [5.74, 6) is -1.51. The molecule has 1 aromatic carbocycles. The molecule has 24 heavy (non-hydrogen) atoms.